The van der Waals surface area contributed by atoms with Crippen LogP contribution in [0.4, 0.5) is 17.2 Å². The Morgan fingerprint density at radius 2 is 2.11 bits per heavy atom. The molecule has 2 N–H and O–H groups in total. The zero-order valence-electron chi connectivity index (χ0n) is 9.61. The van der Waals surface area contributed by atoms with Crippen molar-refractivity contribution in [2.45, 2.75) is 0 Å². The van der Waals surface area contributed by atoms with Crippen LogP contribution in [0, 0.1) is 10.1 Å². The Hall–Kier alpha value is -2.96. The molecule has 0 aliphatic carbocycles. The Kier molecular flexibility index (Phi) is 3.37. The zero-order chi connectivity index (χ0) is 13.8. The molecule has 7 nitrogen and oxygen atoms in total. The van der Waals surface area contributed by atoms with Gasteiger partial charge >= 0.3 is 5.97 Å². The fourth-order valence-electron chi connectivity index (χ4n) is 1.48. The first-order valence-electron chi connectivity index (χ1n) is 5.27. The molecule has 7 heteroatoms. The van der Waals surface area contributed by atoms with Crippen molar-refractivity contribution < 1.29 is 14.8 Å². The van der Waals surface area contributed by atoms with Gasteiger partial charge < -0.3 is 10.4 Å². The summed E-state index contributed by atoms with van der Waals surface area (Å²) in [7, 11) is 0. The second-order valence-electron chi connectivity index (χ2n) is 3.67. The van der Waals surface area contributed by atoms with Crippen molar-refractivity contribution in [2.75, 3.05) is 5.32 Å². The van der Waals surface area contributed by atoms with Crippen LogP contribution in [0.2, 0.25) is 0 Å². The summed E-state index contributed by atoms with van der Waals surface area (Å²) in [6, 6.07) is 8.64. The standard InChI is InChI=1S/C12H9N3O4/c16-12(17)8-2-1-3-9(6-8)14-11-7-10(15(18)19)4-5-13-11/h1-7H,(H,13,14)(H,16,17). The van der Waals surface area contributed by atoms with E-state index in [4.69, 9.17) is 5.11 Å². The summed E-state index contributed by atoms with van der Waals surface area (Å²) in [5, 5.41) is 22.3. The van der Waals surface area contributed by atoms with Gasteiger partial charge in [0.05, 0.1) is 16.6 Å². The molecule has 0 aliphatic heterocycles. The van der Waals surface area contributed by atoms with Gasteiger partial charge in [-0.15, -0.1) is 0 Å². The summed E-state index contributed by atoms with van der Waals surface area (Å²) >= 11 is 0. The number of nitrogens with zero attached hydrogens (tertiary/aromatic N) is 2. The lowest BCUT2D eigenvalue weighted by Crippen LogP contribution is -1.99. The summed E-state index contributed by atoms with van der Waals surface area (Å²) in [4.78, 5) is 24.8. The third kappa shape index (κ3) is 3.03. The number of hydrogen-bond acceptors (Lipinski definition) is 5. The van der Waals surface area contributed by atoms with E-state index in [9.17, 15) is 14.9 Å². The number of anilines is 2. The van der Waals surface area contributed by atoms with Gasteiger partial charge in [-0.2, -0.15) is 0 Å². The van der Waals surface area contributed by atoms with Gasteiger partial charge in [0.2, 0.25) is 0 Å². The van der Waals surface area contributed by atoms with E-state index in [-0.39, 0.29) is 17.1 Å². The number of carbonyl (C=O) groups is 1. The number of carboxylic acids is 1. The molecule has 0 spiro atoms. The molecule has 0 saturated heterocycles. The van der Waals surface area contributed by atoms with Gasteiger partial charge in [0.25, 0.3) is 5.69 Å². The van der Waals surface area contributed by atoms with Gasteiger partial charge in [0.1, 0.15) is 5.82 Å². The first-order chi connectivity index (χ1) is 9.06. The van der Waals surface area contributed by atoms with Crippen LogP contribution in [0.3, 0.4) is 0 Å². The van der Waals surface area contributed by atoms with E-state index in [0.717, 1.165) is 0 Å². The smallest absolute Gasteiger partial charge is 0.335 e. The number of pyridine rings is 1. The van der Waals surface area contributed by atoms with E-state index < -0.39 is 10.9 Å². The van der Waals surface area contributed by atoms with Crippen LogP contribution < -0.4 is 5.32 Å². The highest BCUT2D eigenvalue weighted by Crippen LogP contribution is 2.19. The van der Waals surface area contributed by atoms with E-state index in [1.807, 2.05) is 0 Å². The van der Waals surface area contributed by atoms with Gasteiger partial charge in [-0.05, 0) is 18.2 Å². The highest BCUT2D eigenvalue weighted by molar-refractivity contribution is 5.89. The molecule has 0 amide bonds. The van der Waals surface area contributed by atoms with Gasteiger partial charge in [0.15, 0.2) is 0 Å². The van der Waals surface area contributed by atoms with E-state index in [0.29, 0.717) is 5.69 Å². The third-order valence-electron chi connectivity index (χ3n) is 2.34. The monoisotopic (exact) mass is 259 g/mol. The highest BCUT2D eigenvalue weighted by Gasteiger charge is 2.08. The van der Waals surface area contributed by atoms with Crippen molar-refractivity contribution in [3.8, 4) is 0 Å². The number of aromatic carboxylic acids is 1. The molecule has 0 fully saturated rings. The minimum absolute atomic E-state index is 0.0908. The maximum Gasteiger partial charge on any atom is 0.335 e. The Balaban J connectivity index is 2.26. The van der Waals surface area contributed by atoms with Crippen molar-refractivity contribution in [2.24, 2.45) is 0 Å². The molecule has 0 bridgehead atoms. The van der Waals surface area contributed by atoms with Gasteiger partial charge in [0, 0.05) is 18.0 Å². The minimum Gasteiger partial charge on any atom is -0.478 e. The fourth-order valence-corrected chi connectivity index (χ4v) is 1.48. The third-order valence-corrected chi connectivity index (χ3v) is 2.34. The Morgan fingerprint density at radius 3 is 2.79 bits per heavy atom. The van der Waals surface area contributed by atoms with Crippen LogP contribution in [0.5, 0.6) is 0 Å². The molecule has 0 saturated carbocycles. The summed E-state index contributed by atoms with van der Waals surface area (Å²) in [5.41, 5.74) is 0.523. The second-order valence-corrected chi connectivity index (χ2v) is 3.67. The van der Waals surface area contributed by atoms with E-state index >= 15 is 0 Å². The fraction of sp³-hybridized carbons (Fsp3) is 0. The molecule has 0 unspecified atom stereocenters. The molecule has 0 aliphatic rings. The molecule has 1 aromatic heterocycles. The molecule has 1 heterocycles. The van der Waals surface area contributed by atoms with Crippen LogP contribution >= 0.6 is 0 Å². The summed E-state index contributed by atoms with van der Waals surface area (Å²) < 4.78 is 0. The second kappa shape index (κ2) is 5.13. The van der Waals surface area contributed by atoms with Crippen molar-refractivity contribution in [3.05, 3.63) is 58.3 Å². The molecule has 2 rings (SSSR count). The summed E-state index contributed by atoms with van der Waals surface area (Å²) in [6.45, 7) is 0. The Morgan fingerprint density at radius 1 is 1.32 bits per heavy atom. The topological polar surface area (TPSA) is 105 Å². The molecule has 0 radical (unpaired) electrons. The summed E-state index contributed by atoms with van der Waals surface area (Å²) in [6.07, 6.45) is 1.31. The van der Waals surface area contributed by atoms with Crippen LogP contribution in [0.25, 0.3) is 0 Å². The molecule has 19 heavy (non-hydrogen) atoms. The van der Waals surface area contributed by atoms with Crippen LogP contribution in [-0.4, -0.2) is 21.0 Å². The Labute approximate surface area is 107 Å². The van der Waals surface area contributed by atoms with Crippen LogP contribution in [-0.2, 0) is 0 Å². The zero-order valence-corrected chi connectivity index (χ0v) is 9.61. The number of rotatable bonds is 4. The van der Waals surface area contributed by atoms with Crippen LogP contribution in [0.15, 0.2) is 42.6 Å². The predicted molar refractivity (Wildman–Crippen MR) is 67.6 cm³/mol. The lowest BCUT2D eigenvalue weighted by atomic mass is 10.2. The van der Waals surface area contributed by atoms with E-state index in [1.54, 1.807) is 12.1 Å². The van der Waals surface area contributed by atoms with E-state index in [2.05, 4.69) is 10.3 Å². The largest absolute Gasteiger partial charge is 0.478 e. The molecule has 1 aromatic carbocycles. The SMILES string of the molecule is O=C(O)c1cccc(Nc2cc([N+](=O)[O-])ccn2)c1. The average molecular weight is 259 g/mol. The first kappa shape index (κ1) is 12.5. The number of hydrogen-bond donors (Lipinski definition) is 2. The molecular weight excluding hydrogens is 250 g/mol. The Bertz CT molecular complexity index is 587. The maximum atomic E-state index is 10.8. The first-order valence-corrected chi connectivity index (χ1v) is 5.27. The average Bonchev–Trinajstić information content (AvgIpc) is 2.39. The number of nitro groups is 1. The molecular formula is C12H9N3O4. The number of carboxylic acid groups (broad SMARTS) is 1. The predicted octanol–water partition coefficient (Wildman–Crippen LogP) is 2.43. The molecule has 2 aromatic rings. The quantitative estimate of drug-likeness (QED) is 0.645. The normalized spacial score (nSPS) is 9.89. The molecule has 96 valence electrons. The van der Waals surface area contributed by atoms with Crippen LogP contribution in [0.1, 0.15) is 10.4 Å². The number of nitrogens with one attached hydrogen (secondary N) is 1. The maximum absolute atomic E-state index is 10.8. The minimum atomic E-state index is -1.05. The van der Waals surface area contributed by atoms with Crippen molar-refractivity contribution >= 4 is 23.2 Å². The van der Waals surface area contributed by atoms with Crippen molar-refractivity contribution in [1.29, 1.82) is 0 Å². The van der Waals surface area contributed by atoms with E-state index in [1.165, 1.54) is 30.5 Å². The number of benzene rings is 1. The van der Waals surface area contributed by atoms with Gasteiger partial charge in [-0.1, -0.05) is 6.07 Å². The molecule has 0 atom stereocenters. The van der Waals surface area contributed by atoms with Gasteiger partial charge in [-0.25, -0.2) is 9.78 Å². The lowest BCUT2D eigenvalue weighted by Gasteiger charge is -2.05. The summed E-state index contributed by atoms with van der Waals surface area (Å²) in [5.74, 6) is -0.771. The van der Waals surface area contributed by atoms with Crippen molar-refractivity contribution in [3.63, 3.8) is 0 Å². The number of aromatic nitrogens is 1. The van der Waals surface area contributed by atoms with Gasteiger partial charge in [-0.3, -0.25) is 10.1 Å². The lowest BCUT2D eigenvalue weighted by molar-refractivity contribution is -0.384. The highest BCUT2D eigenvalue weighted by atomic mass is 16.6. The van der Waals surface area contributed by atoms with Crippen molar-refractivity contribution in [1.82, 2.24) is 4.98 Å².